The summed E-state index contributed by atoms with van der Waals surface area (Å²) in [7, 11) is 0. The molecule has 0 fully saturated rings. The van der Waals surface area contributed by atoms with Crippen LogP contribution in [0.25, 0.3) is 0 Å². The van der Waals surface area contributed by atoms with Gasteiger partial charge < -0.3 is 10.6 Å². The van der Waals surface area contributed by atoms with Crippen LogP contribution >= 0.6 is 0 Å². The molecule has 3 nitrogen and oxygen atoms in total. The van der Waals surface area contributed by atoms with Crippen LogP contribution < -0.4 is 10.6 Å². The standard InChI is InChI=1S/C10H18N2O/c1-4-6-11-8-10(13)12-7-5-9(2)3/h4-5,11H,1,6-8H2,2-3H3,(H,12,13). The molecule has 0 aliphatic heterocycles. The Morgan fingerprint density at radius 1 is 1.38 bits per heavy atom. The maximum Gasteiger partial charge on any atom is 0.234 e. The number of nitrogens with one attached hydrogen (secondary N) is 2. The molecule has 1 amide bonds. The zero-order valence-corrected chi connectivity index (χ0v) is 8.39. The van der Waals surface area contributed by atoms with E-state index in [4.69, 9.17) is 0 Å². The molecule has 0 rings (SSSR count). The van der Waals surface area contributed by atoms with E-state index < -0.39 is 0 Å². The molecular weight excluding hydrogens is 164 g/mol. The van der Waals surface area contributed by atoms with Gasteiger partial charge in [0.1, 0.15) is 0 Å². The Balaban J connectivity index is 3.40. The predicted molar refractivity (Wildman–Crippen MR) is 55.5 cm³/mol. The van der Waals surface area contributed by atoms with E-state index in [1.807, 2.05) is 19.9 Å². The van der Waals surface area contributed by atoms with Gasteiger partial charge in [0.05, 0.1) is 6.54 Å². The Kier molecular flexibility index (Phi) is 6.92. The molecule has 0 aromatic rings. The van der Waals surface area contributed by atoms with Crippen molar-refractivity contribution in [2.45, 2.75) is 13.8 Å². The van der Waals surface area contributed by atoms with Gasteiger partial charge in [-0.3, -0.25) is 4.79 Å². The van der Waals surface area contributed by atoms with Gasteiger partial charge in [0.25, 0.3) is 0 Å². The minimum absolute atomic E-state index is 0.0133. The molecule has 74 valence electrons. The molecule has 0 aliphatic rings. The number of amides is 1. The maximum absolute atomic E-state index is 11.1. The van der Waals surface area contributed by atoms with Gasteiger partial charge in [0.15, 0.2) is 0 Å². The molecule has 0 spiro atoms. The summed E-state index contributed by atoms with van der Waals surface area (Å²) in [5.41, 5.74) is 1.21. The Morgan fingerprint density at radius 2 is 2.08 bits per heavy atom. The third-order valence-corrected chi connectivity index (χ3v) is 1.38. The van der Waals surface area contributed by atoms with Crippen LogP contribution in [0.15, 0.2) is 24.3 Å². The first-order chi connectivity index (χ1) is 6.16. The number of carbonyl (C=O) groups excluding carboxylic acids is 1. The van der Waals surface area contributed by atoms with Crippen LogP contribution in [0.4, 0.5) is 0 Å². The lowest BCUT2D eigenvalue weighted by Gasteiger charge is -2.02. The van der Waals surface area contributed by atoms with E-state index in [0.29, 0.717) is 19.6 Å². The molecule has 2 N–H and O–H groups in total. The van der Waals surface area contributed by atoms with Gasteiger partial charge in [-0.1, -0.05) is 17.7 Å². The Labute approximate surface area is 79.9 Å². The highest BCUT2D eigenvalue weighted by Gasteiger charge is 1.95. The molecule has 0 unspecified atom stereocenters. The van der Waals surface area contributed by atoms with Crippen LogP contribution in [0, 0.1) is 0 Å². The summed E-state index contributed by atoms with van der Waals surface area (Å²) in [5.74, 6) is 0.0133. The lowest BCUT2D eigenvalue weighted by molar-refractivity contribution is -0.119. The van der Waals surface area contributed by atoms with E-state index in [-0.39, 0.29) is 5.91 Å². The predicted octanol–water partition coefficient (Wildman–Crippen LogP) is 0.844. The van der Waals surface area contributed by atoms with Gasteiger partial charge in [0, 0.05) is 13.1 Å². The minimum Gasteiger partial charge on any atom is -0.352 e. The average Bonchev–Trinajstić information content (AvgIpc) is 2.04. The van der Waals surface area contributed by atoms with Gasteiger partial charge in [-0.2, -0.15) is 0 Å². The summed E-state index contributed by atoms with van der Waals surface area (Å²) in [4.78, 5) is 11.1. The van der Waals surface area contributed by atoms with Crippen molar-refractivity contribution < 1.29 is 4.79 Å². The molecule has 13 heavy (non-hydrogen) atoms. The molecule has 3 heteroatoms. The summed E-state index contributed by atoms with van der Waals surface area (Å²) in [6.07, 6.45) is 3.70. The van der Waals surface area contributed by atoms with E-state index in [0.717, 1.165) is 0 Å². The molecule has 0 saturated carbocycles. The molecular formula is C10H18N2O. The van der Waals surface area contributed by atoms with E-state index in [1.165, 1.54) is 5.57 Å². The summed E-state index contributed by atoms with van der Waals surface area (Å²) in [6, 6.07) is 0. The summed E-state index contributed by atoms with van der Waals surface area (Å²) >= 11 is 0. The highest BCUT2D eigenvalue weighted by atomic mass is 16.1. The van der Waals surface area contributed by atoms with E-state index in [1.54, 1.807) is 6.08 Å². The van der Waals surface area contributed by atoms with E-state index >= 15 is 0 Å². The second kappa shape index (κ2) is 7.55. The normalized spacial score (nSPS) is 9.08. The molecule has 0 heterocycles. The molecule has 0 saturated heterocycles. The van der Waals surface area contributed by atoms with Crippen LogP contribution in [0.2, 0.25) is 0 Å². The fraction of sp³-hybridized carbons (Fsp3) is 0.500. The highest BCUT2D eigenvalue weighted by molar-refractivity contribution is 5.78. The summed E-state index contributed by atoms with van der Waals surface area (Å²) in [5, 5.41) is 5.68. The monoisotopic (exact) mass is 182 g/mol. The fourth-order valence-corrected chi connectivity index (χ4v) is 0.719. The van der Waals surface area contributed by atoms with Crippen molar-refractivity contribution in [2.75, 3.05) is 19.6 Å². The van der Waals surface area contributed by atoms with Crippen LogP contribution in [0.5, 0.6) is 0 Å². The average molecular weight is 182 g/mol. The van der Waals surface area contributed by atoms with Crippen molar-refractivity contribution in [3.63, 3.8) is 0 Å². The van der Waals surface area contributed by atoms with Gasteiger partial charge in [-0.15, -0.1) is 6.58 Å². The molecule has 0 aromatic heterocycles. The third-order valence-electron chi connectivity index (χ3n) is 1.38. The number of hydrogen-bond donors (Lipinski definition) is 2. The number of allylic oxidation sites excluding steroid dienone is 1. The smallest absolute Gasteiger partial charge is 0.234 e. The first-order valence-corrected chi connectivity index (χ1v) is 4.38. The zero-order valence-electron chi connectivity index (χ0n) is 8.39. The van der Waals surface area contributed by atoms with Crippen molar-refractivity contribution in [3.8, 4) is 0 Å². The lowest BCUT2D eigenvalue weighted by atomic mass is 10.3. The lowest BCUT2D eigenvalue weighted by Crippen LogP contribution is -2.33. The Hall–Kier alpha value is -1.09. The van der Waals surface area contributed by atoms with Gasteiger partial charge in [-0.25, -0.2) is 0 Å². The van der Waals surface area contributed by atoms with Crippen molar-refractivity contribution in [2.24, 2.45) is 0 Å². The number of rotatable bonds is 6. The highest BCUT2D eigenvalue weighted by Crippen LogP contribution is 1.84. The molecule has 0 atom stereocenters. The SMILES string of the molecule is C=CCNCC(=O)NCC=C(C)C. The minimum atomic E-state index is 0.0133. The van der Waals surface area contributed by atoms with E-state index in [2.05, 4.69) is 17.2 Å². The summed E-state index contributed by atoms with van der Waals surface area (Å²) < 4.78 is 0. The number of carbonyl (C=O) groups is 1. The van der Waals surface area contributed by atoms with Crippen molar-refractivity contribution in [1.29, 1.82) is 0 Å². The Morgan fingerprint density at radius 3 is 2.62 bits per heavy atom. The molecule has 0 radical (unpaired) electrons. The molecule has 0 bridgehead atoms. The van der Waals surface area contributed by atoms with Crippen LogP contribution in [0.3, 0.4) is 0 Å². The van der Waals surface area contributed by atoms with Gasteiger partial charge in [0.2, 0.25) is 5.91 Å². The van der Waals surface area contributed by atoms with Crippen molar-refractivity contribution in [3.05, 3.63) is 24.3 Å². The quantitative estimate of drug-likeness (QED) is 0.472. The second-order valence-corrected chi connectivity index (χ2v) is 3.01. The topological polar surface area (TPSA) is 41.1 Å². The van der Waals surface area contributed by atoms with Crippen LogP contribution in [0.1, 0.15) is 13.8 Å². The van der Waals surface area contributed by atoms with Crippen molar-refractivity contribution in [1.82, 2.24) is 10.6 Å². The third kappa shape index (κ3) is 8.82. The second-order valence-electron chi connectivity index (χ2n) is 3.01. The molecule has 0 aromatic carbocycles. The number of hydrogen-bond acceptors (Lipinski definition) is 2. The van der Waals surface area contributed by atoms with Crippen LogP contribution in [-0.2, 0) is 4.79 Å². The zero-order chi connectivity index (χ0) is 10.1. The van der Waals surface area contributed by atoms with Crippen molar-refractivity contribution >= 4 is 5.91 Å². The first-order valence-electron chi connectivity index (χ1n) is 4.38. The fourth-order valence-electron chi connectivity index (χ4n) is 0.719. The van der Waals surface area contributed by atoms with Crippen LogP contribution in [-0.4, -0.2) is 25.5 Å². The first kappa shape index (κ1) is 11.9. The van der Waals surface area contributed by atoms with E-state index in [9.17, 15) is 4.79 Å². The van der Waals surface area contributed by atoms with Gasteiger partial charge in [-0.05, 0) is 13.8 Å². The summed E-state index contributed by atoms with van der Waals surface area (Å²) in [6.45, 7) is 9.16. The maximum atomic E-state index is 11.1. The molecule has 0 aliphatic carbocycles. The van der Waals surface area contributed by atoms with Gasteiger partial charge >= 0.3 is 0 Å². The Bertz CT molecular complexity index is 193. The largest absolute Gasteiger partial charge is 0.352 e.